The fourth-order valence-corrected chi connectivity index (χ4v) is 1.95. The van der Waals surface area contributed by atoms with Crippen molar-refractivity contribution < 1.29 is 4.79 Å². The van der Waals surface area contributed by atoms with Gasteiger partial charge in [0, 0.05) is 18.4 Å². The highest BCUT2D eigenvalue weighted by atomic mass is 16.1. The molecule has 2 heterocycles. The van der Waals surface area contributed by atoms with Gasteiger partial charge >= 0.3 is 0 Å². The van der Waals surface area contributed by atoms with Gasteiger partial charge in [0.05, 0.1) is 30.7 Å². The van der Waals surface area contributed by atoms with E-state index in [0.717, 1.165) is 5.56 Å². The van der Waals surface area contributed by atoms with Crippen LogP contribution < -0.4 is 10.6 Å². The van der Waals surface area contributed by atoms with E-state index in [0.29, 0.717) is 5.69 Å². The predicted molar refractivity (Wildman–Crippen MR) is 82.0 cm³/mol. The van der Waals surface area contributed by atoms with Crippen molar-refractivity contribution >= 4 is 11.6 Å². The van der Waals surface area contributed by atoms with Gasteiger partial charge in [0.1, 0.15) is 0 Å². The Bertz CT molecular complexity index is 581. The molecule has 0 aliphatic carbocycles. The first-order chi connectivity index (χ1) is 10.1. The molecule has 0 aromatic carbocycles. The molecule has 0 spiro atoms. The van der Waals surface area contributed by atoms with Gasteiger partial charge in [0.2, 0.25) is 5.91 Å². The largest absolute Gasteiger partial charge is 0.324 e. The Balaban J connectivity index is 1.80. The van der Waals surface area contributed by atoms with Gasteiger partial charge in [-0.3, -0.25) is 14.5 Å². The van der Waals surface area contributed by atoms with E-state index in [1.165, 1.54) is 0 Å². The SMILES string of the molecule is Cc1cnn([C@H](C)[C@H](C)NCC(=O)Nc2cccnc2)c1. The molecule has 2 aromatic rings. The zero-order valence-electron chi connectivity index (χ0n) is 12.6. The Labute approximate surface area is 124 Å². The second kappa shape index (κ2) is 6.99. The maximum atomic E-state index is 11.9. The quantitative estimate of drug-likeness (QED) is 0.849. The lowest BCUT2D eigenvalue weighted by atomic mass is 10.2. The molecule has 0 saturated heterocycles. The van der Waals surface area contributed by atoms with Crippen LogP contribution in [0.2, 0.25) is 0 Å². The summed E-state index contributed by atoms with van der Waals surface area (Å²) in [5.41, 5.74) is 1.83. The third-order valence-corrected chi connectivity index (χ3v) is 3.40. The second-order valence-electron chi connectivity index (χ2n) is 5.20. The maximum absolute atomic E-state index is 11.9. The number of hydrogen-bond acceptors (Lipinski definition) is 4. The number of nitrogens with zero attached hydrogens (tertiary/aromatic N) is 3. The first kappa shape index (κ1) is 15.2. The molecular weight excluding hydrogens is 266 g/mol. The van der Waals surface area contributed by atoms with E-state index in [1.807, 2.05) is 37.0 Å². The molecule has 6 heteroatoms. The van der Waals surface area contributed by atoms with Crippen molar-refractivity contribution in [1.29, 1.82) is 0 Å². The first-order valence-corrected chi connectivity index (χ1v) is 7.00. The summed E-state index contributed by atoms with van der Waals surface area (Å²) in [7, 11) is 0. The van der Waals surface area contributed by atoms with Crippen LogP contribution in [0.1, 0.15) is 25.5 Å². The van der Waals surface area contributed by atoms with E-state index >= 15 is 0 Å². The van der Waals surface area contributed by atoms with Crippen LogP contribution in [-0.4, -0.2) is 33.3 Å². The van der Waals surface area contributed by atoms with E-state index in [2.05, 4.69) is 27.6 Å². The van der Waals surface area contributed by atoms with Crippen LogP contribution in [0.5, 0.6) is 0 Å². The van der Waals surface area contributed by atoms with E-state index in [1.54, 1.807) is 18.5 Å². The number of carbonyl (C=O) groups is 1. The van der Waals surface area contributed by atoms with Crippen LogP contribution in [0.15, 0.2) is 36.9 Å². The van der Waals surface area contributed by atoms with Crippen LogP contribution in [0, 0.1) is 6.92 Å². The molecule has 6 nitrogen and oxygen atoms in total. The fourth-order valence-electron chi connectivity index (χ4n) is 1.95. The smallest absolute Gasteiger partial charge is 0.238 e. The number of rotatable bonds is 6. The molecule has 0 saturated carbocycles. The summed E-state index contributed by atoms with van der Waals surface area (Å²) in [4.78, 5) is 15.8. The Morgan fingerprint density at radius 1 is 1.38 bits per heavy atom. The number of aryl methyl sites for hydroxylation is 1. The van der Waals surface area contributed by atoms with Crippen molar-refractivity contribution in [2.24, 2.45) is 0 Å². The number of nitrogens with one attached hydrogen (secondary N) is 2. The Kier molecular flexibility index (Phi) is 5.05. The summed E-state index contributed by atoms with van der Waals surface area (Å²) < 4.78 is 1.91. The van der Waals surface area contributed by atoms with Gasteiger partial charge in [-0.05, 0) is 38.5 Å². The van der Waals surface area contributed by atoms with E-state index in [-0.39, 0.29) is 24.5 Å². The van der Waals surface area contributed by atoms with E-state index in [9.17, 15) is 4.79 Å². The summed E-state index contributed by atoms with van der Waals surface area (Å²) in [5.74, 6) is -0.0845. The van der Waals surface area contributed by atoms with Crippen molar-refractivity contribution in [3.63, 3.8) is 0 Å². The average molecular weight is 287 g/mol. The topological polar surface area (TPSA) is 71.8 Å². The van der Waals surface area contributed by atoms with Crippen LogP contribution in [-0.2, 0) is 4.79 Å². The predicted octanol–water partition coefficient (Wildman–Crippen LogP) is 1.76. The van der Waals surface area contributed by atoms with Gasteiger partial charge in [-0.1, -0.05) is 0 Å². The van der Waals surface area contributed by atoms with Crippen LogP contribution in [0.3, 0.4) is 0 Å². The lowest BCUT2D eigenvalue weighted by molar-refractivity contribution is -0.115. The molecule has 0 aliphatic heterocycles. The highest BCUT2D eigenvalue weighted by Crippen LogP contribution is 2.10. The molecule has 0 bridgehead atoms. The molecule has 2 N–H and O–H groups in total. The number of anilines is 1. The Hall–Kier alpha value is -2.21. The van der Waals surface area contributed by atoms with Crippen molar-refractivity contribution in [3.8, 4) is 0 Å². The number of carbonyl (C=O) groups excluding carboxylic acids is 1. The molecular formula is C15H21N5O. The first-order valence-electron chi connectivity index (χ1n) is 7.00. The lowest BCUT2D eigenvalue weighted by Gasteiger charge is -2.21. The van der Waals surface area contributed by atoms with Crippen LogP contribution in [0.4, 0.5) is 5.69 Å². The number of pyridine rings is 1. The fraction of sp³-hybridized carbons (Fsp3) is 0.400. The number of amides is 1. The monoisotopic (exact) mass is 287 g/mol. The molecule has 112 valence electrons. The van der Waals surface area contributed by atoms with Gasteiger partial charge < -0.3 is 10.6 Å². The molecule has 2 rings (SSSR count). The minimum atomic E-state index is -0.0845. The maximum Gasteiger partial charge on any atom is 0.238 e. The van der Waals surface area contributed by atoms with Crippen molar-refractivity contribution in [3.05, 3.63) is 42.5 Å². The summed E-state index contributed by atoms with van der Waals surface area (Å²) in [6.45, 7) is 6.37. The average Bonchev–Trinajstić information content (AvgIpc) is 2.91. The number of aromatic nitrogens is 3. The highest BCUT2D eigenvalue weighted by Gasteiger charge is 2.15. The van der Waals surface area contributed by atoms with E-state index < -0.39 is 0 Å². The summed E-state index contributed by atoms with van der Waals surface area (Å²) in [6, 6.07) is 3.89. The van der Waals surface area contributed by atoms with Crippen molar-refractivity contribution in [1.82, 2.24) is 20.1 Å². The molecule has 0 aliphatic rings. The standard InChI is InChI=1S/C15H21N5O/c1-11-7-18-20(10-11)13(3)12(2)17-9-15(21)19-14-5-4-6-16-8-14/h4-8,10,12-13,17H,9H2,1-3H3,(H,19,21)/t12-,13+/m0/s1. The van der Waals surface area contributed by atoms with Crippen LogP contribution in [0.25, 0.3) is 0 Å². The van der Waals surface area contributed by atoms with Gasteiger partial charge in [0.15, 0.2) is 0 Å². The summed E-state index contributed by atoms with van der Waals surface area (Å²) in [5, 5.41) is 10.3. The van der Waals surface area contributed by atoms with Crippen molar-refractivity contribution in [2.45, 2.75) is 32.9 Å². The van der Waals surface area contributed by atoms with Gasteiger partial charge in [-0.25, -0.2) is 0 Å². The number of hydrogen-bond donors (Lipinski definition) is 2. The molecule has 2 aromatic heterocycles. The van der Waals surface area contributed by atoms with Gasteiger partial charge in [-0.2, -0.15) is 5.10 Å². The molecule has 0 fully saturated rings. The molecule has 1 amide bonds. The molecule has 2 atom stereocenters. The van der Waals surface area contributed by atoms with Gasteiger partial charge in [-0.15, -0.1) is 0 Å². The molecule has 0 radical (unpaired) electrons. The minimum absolute atomic E-state index is 0.0845. The van der Waals surface area contributed by atoms with Crippen molar-refractivity contribution in [2.75, 3.05) is 11.9 Å². The molecule has 21 heavy (non-hydrogen) atoms. The lowest BCUT2D eigenvalue weighted by Crippen LogP contribution is -2.39. The summed E-state index contributed by atoms with van der Waals surface area (Å²) in [6.07, 6.45) is 7.12. The Morgan fingerprint density at radius 3 is 2.81 bits per heavy atom. The molecule has 0 unspecified atom stereocenters. The normalized spacial score (nSPS) is 13.7. The zero-order valence-corrected chi connectivity index (χ0v) is 12.6. The third kappa shape index (κ3) is 4.39. The van der Waals surface area contributed by atoms with Crippen LogP contribution >= 0.6 is 0 Å². The highest BCUT2D eigenvalue weighted by molar-refractivity contribution is 5.92. The van der Waals surface area contributed by atoms with Gasteiger partial charge in [0.25, 0.3) is 0 Å². The third-order valence-electron chi connectivity index (χ3n) is 3.40. The van der Waals surface area contributed by atoms with E-state index in [4.69, 9.17) is 0 Å². The minimum Gasteiger partial charge on any atom is -0.324 e. The zero-order chi connectivity index (χ0) is 15.2. The summed E-state index contributed by atoms with van der Waals surface area (Å²) >= 11 is 0. The second-order valence-corrected chi connectivity index (χ2v) is 5.20. The Morgan fingerprint density at radius 2 is 2.19 bits per heavy atom.